The first-order valence-corrected chi connectivity index (χ1v) is 6.12. The minimum absolute atomic E-state index is 0.275. The SMILES string of the molecule is CC(C)(CN)Oc1ccc2c(c1)CCCC2. The first-order chi connectivity index (χ1) is 7.61. The van der Waals surface area contributed by atoms with Gasteiger partial charge in [-0.1, -0.05) is 6.07 Å². The Morgan fingerprint density at radius 1 is 1.19 bits per heavy atom. The van der Waals surface area contributed by atoms with Gasteiger partial charge in [0.05, 0.1) is 0 Å². The van der Waals surface area contributed by atoms with Crippen molar-refractivity contribution in [1.29, 1.82) is 0 Å². The van der Waals surface area contributed by atoms with Crippen molar-refractivity contribution < 1.29 is 4.74 Å². The summed E-state index contributed by atoms with van der Waals surface area (Å²) >= 11 is 0. The zero-order chi connectivity index (χ0) is 11.6. The molecule has 2 heteroatoms. The molecule has 1 aromatic rings. The van der Waals surface area contributed by atoms with Crippen molar-refractivity contribution in [2.45, 2.75) is 45.1 Å². The molecule has 0 aromatic heterocycles. The highest BCUT2D eigenvalue weighted by Gasteiger charge is 2.18. The average Bonchev–Trinajstić information content (AvgIpc) is 2.28. The third kappa shape index (κ3) is 2.56. The van der Waals surface area contributed by atoms with Gasteiger partial charge in [-0.05, 0) is 62.8 Å². The highest BCUT2D eigenvalue weighted by atomic mass is 16.5. The van der Waals surface area contributed by atoms with Gasteiger partial charge in [-0.2, -0.15) is 0 Å². The largest absolute Gasteiger partial charge is 0.487 e. The van der Waals surface area contributed by atoms with Crippen molar-refractivity contribution in [2.24, 2.45) is 5.73 Å². The number of aryl methyl sites for hydroxylation is 2. The molecule has 0 bridgehead atoms. The quantitative estimate of drug-likeness (QED) is 0.848. The summed E-state index contributed by atoms with van der Waals surface area (Å²) in [5.74, 6) is 0.955. The molecule has 0 spiro atoms. The second-order valence-corrected chi connectivity index (χ2v) is 5.20. The van der Waals surface area contributed by atoms with E-state index in [1.165, 1.54) is 36.8 Å². The fourth-order valence-corrected chi connectivity index (χ4v) is 2.13. The molecule has 0 amide bonds. The van der Waals surface area contributed by atoms with E-state index in [9.17, 15) is 0 Å². The number of fused-ring (bicyclic) bond motifs is 1. The molecule has 16 heavy (non-hydrogen) atoms. The van der Waals surface area contributed by atoms with E-state index in [2.05, 4.69) is 18.2 Å². The molecule has 1 aliphatic carbocycles. The smallest absolute Gasteiger partial charge is 0.120 e. The second kappa shape index (κ2) is 4.46. The van der Waals surface area contributed by atoms with E-state index in [-0.39, 0.29) is 5.60 Å². The van der Waals surface area contributed by atoms with Crippen LogP contribution < -0.4 is 10.5 Å². The maximum absolute atomic E-state index is 5.89. The molecular formula is C14H21NO. The molecular weight excluding hydrogens is 198 g/mol. The van der Waals surface area contributed by atoms with Crippen LogP contribution in [0.15, 0.2) is 18.2 Å². The van der Waals surface area contributed by atoms with Crippen LogP contribution >= 0.6 is 0 Å². The van der Waals surface area contributed by atoms with Gasteiger partial charge in [0.15, 0.2) is 0 Å². The van der Waals surface area contributed by atoms with Crippen LogP contribution in [0.2, 0.25) is 0 Å². The van der Waals surface area contributed by atoms with Crippen LogP contribution in [-0.4, -0.2) is 12.1 Å². The number of ether oxygens (including phenoxy) is 1. The monoisotopic (exact) mass is 219 g/mol. The Balaban J connectivity index is 2.17. The van der Waals surface area contributed by atoms with Crippen molar-refractivity contribution in [1.82, 2.24) is 0 Å². The van der Waals surface area contributed by atoms with Gasteiger partial charge in [-0.15, -0.1) is 0 Å². The lowest BCUT2D eigenvalue weighted by Gasteiger charge is -2.26. The lowest BCUT2D eigenvalue weighted by atomic mass is 9.92. The minimum Gasteiger partial charge on any atom is -0.487 e. The van der Waals surface area contributed by atoms with E-state index in [4.69, 9.17) is 10.5 Å². The van der Waals surface area contributed by atoms with Crippen molar-refractivity contribution in [3.05, 3.63) is 29.3 Å². The standard InChI is InChI=1S/C14H21NO/c1-14(2,10-15)16-13-8-7-11-5-3-4-6-12(11)9-13/h7-9H,3-6,10,15H2,1-2H3. The van der Waals surface area contributed by atoms with Crippen molar-refractivity contribution >= 4 is 0 Å². The third-order valence-corrected chi connectivity index (χ3v) is 3.21. The average molecular weight is 219 g/mol. The fourth-order valence-electron chi connectivity index (χ4n) is 2.13. The zero-order valence-electron chi connectivity index (χ0n) is 10.3. The van der Waals surface area contributed by atoms with E-state index in [1.54, 1.807) is 0 Å². The molecule has 0 heterocycles. The van der Waals surface area contributed by atoms with Crippen molar-refractivity contribution in [2.75, 3.05) is 6.54 Å². The molecule has 2 rings (SSSR count). The number of benzene rings is 1. The topological polar surface area (TPSA) is 35.2 Å². The van der Waals surface area contributed by atoms with E-state index in [0.717, 1.165) is 5.75 Å². The molecule has 1 aliphatic rings. The zero-order valence-corrected chi connectivity index (χ0v) is 10.3. The summed E-state index contributed by atoms with van der Waals surface area (Å²) in [4.78, 5) is 0. The molecule has 0 aliphatic heterocycles. The van der Waals surface area contributed by atoms with Crippen LogP contribution in [-0.2, 0) is 12.8 Å². The molecule has 0 saturated carbocycles. The van der Waals surface area contributed by atoms with Gasteiger partial charge in [-0.25, -0.2) is 0 Å². The Kier molecular flexibility index (Phi) is 3.20. The summed E-state index contributed by atoms with van der Waals surface area (Å²) in [5, 5.41) is 0. The van der Waals surface area contributed by atoms with Crippen LogP contribution in [0.1, 0.15) is 37.8 Å². The molecule has 0 atom stereocenters. The number of rotatable bonds is 3. The summed E-state index contributed by atoms with van der Waals surface area (Å²) in [6, 6.07) is 6.46. The van der Waals surface area contributed by atoms with Gasteiger partial charge in [-0.3, -0.25) is 0 Å². The van der Waals surface area contributed by atoms with E-state index < -0.39 is 0 Å². The summed E-state index contributed by atoms with van der Waals surface area (Å²) in [6.07, 6.45) is 5.03. The predicted molar refractivity (Wildman–Crippen MR) is 66.8 cm³/mol. The maximum Gasteiger partial charge on any atom is 0.120 e. The molecule has 0 saturated heterocycles. The summed E-state index contributed by atoms with van der Waals surface area (Å²) in [7, 11) is 0. The Morgan fingerprint density at radius 3 is 2.56 bits per heavy atom. The Hall–Kier alpha value is -1.02. The van der Waals surface area contributed by atoms with Gasteiger partial charge in [0.2, 0.25) is 0 Å². The third-order valence-electron chi connectivity index (χ3n) is 3.21. The highest BCUT2D eigenvalue weighted by Crippen LogP contribution is 2.27. The van der Waals surface area contributed by atoms with E-state index in [0.29, 0.717) is 6.54 Å². The van der Waals surface area contributed by atoms with Gasteiger partial charge >= 0.3 is 0 Å². The first-order valence-electron chi connectivity index (χ1n) is 6.12. The molecule has 1 aromatic carbocycles. The number of hydrogen-bond donors (Lipinski definition) is 1. The van der Waals surface area contributed by atoms with Gasteiger partial charge in [0, 0.05) is 6.54 Å². The molecule has 0 unspecified atom stereocenters. The Bertz CT molecular complexity index is 371. The van der Waals surface area contributed by atoms with E-state index >= 15 is 0 Å². The minimum atomic E-state index is -0.275. The van der Waals surface area contributed by atoms with Crippen LogP contribution in [0.25, 0.3) is 0 Å². The lowest BCUT2D eigenvalue weighted by Crippen LogP contribution is -2.37. The van der Waals surface area contributed by atoms with Gasteiger partial charge in [0.25, 0.3) is 0 Å². The van der Waals surface area contributed by atoms with Crippen molar-refractivity contribution in [3.63, 3.8) is 0 Å². The molecule has 2 N–H and O–H groups in total. The maximum atomic E-state index is 5.89. The summed E-state index contributed by atoms with van der Waals surface area (Å²) in [6.45, 7) is 4.57. The van der Waals surface area contributed by atoms with E-state index in [1.807, 2.05) is 13.8 Å². The Morgan fingerprint density at radius 2 is 1.88 bits per heavy atom. The fraction of sp³-hybridized carbons (Fsp3) is 0.571. The second-order valence-electron chi connectivity index (χ2n) is 5.20. The van der Waals surface area contributed by atoms with Gasteiger partial charge < -0.3 is 10.5 Å². The molecule has 88 valence electrons. The normalized spacial score (nSPS) is 15.7. The lowest BCUT2D eigenvalue weighted by molar-refractivity contribution is 0.118. The number of nitrogens with two attached hydrogens (primary N) is 1. The van der Waals surface area contributed by atoms with Crippen LogP contribution in [0.5, 0.6) is 5.75 Å². The van der Waals surface area contributed by atoms with Crippen LogP contribution in [0.3, 0.4) is 0 Å². The molecule has 0 fully saturated rings. The van der Waals surface area contributed by atoms with Crippen molar-refractivity contribution in [3.8, 4) is 5.75 Å². The molecule has 0 radical (unpaired) electrons. The van der Waals surface area contributed by atoms with Crippen LogP contribution in [0.4, 0.5) is 0 Å². The number of hydrogen-bond acceptors (Lipinski definition) is 2. The van der Waals surface area contributed by atoms with Crippen LogP contribution in [0, 0.1) is 0 Å². The Labute approximate surface area is 97.8 Å². The highest BCUT2D eigenvalue weighted by molar-refractivity contribution is 5.37. The summed E-state index contributed by atoms with van der Waals surface area (Å²) in [5.41, 5.74) is 8.34. The predicted octanol–water partition coefficient (Wildman–Crippen LogP) is 2.68. The molecule has 2 nitrogen and oxygen atoms in total. The van der Waals surface area contributed by atoms with Gasteiger partial charge in [0.1, 0.15) is 11.4 Å². The summed E-state index contributed by atoms with van der Waals surface area (Å²) < 4.78 is 5.89. The first kappa shape index (κ1) is 11.5.